The number of nitrogens with zero attached hydrogens (tertiary/aromatic N) is 2. The Morgan fingerprint density at radius 3 is 2.38 bits per heavy atom. The highest BCUT2D eigenvalue weighted by Gasteiger charge is 2.17. The average molecular weight is 470 g/mol. The molecule has 0 unspecified atom stereocenters. The predicted octanol–water partition coefficient (Wildman–Crippen LogP) is 4.47. The Bertz CT molecular complexity index is 1500. The van der Waals surface area contributed by atoms with Crippen LogP contribution < -0.4 is 15.0 Å². The third kappa shape index (κ3) is 4.06. The first-order valence-corrected chi connectivity index (χ1v) is 11.5. The first kappa shape index (κ1) is 21.9. The van der Waals surface area contributed by atoms with Crippen molar-refractivity contribution in [2.45, 2.75) is 18.7 Å². The fourth-order valence-electron chi connectivity index (χ4n) is 3.49. The molecule has 0 bridgehead atoms. The summed E-state index contributed by atoms with van der Waals surface area (Å²) in [6.07, 6.45) is 0. The number of rotatable bonds is 5. The van der Waals surface area contributed by atoms with Gasteiger partial charge in [0.1, 0.15) is 11.6 Å². The van der Waals surface area contributed by atoms with E-state index in [0.29, 0.717) is 33.4 Å². The molecule has 7 nitrogen and oxygen atoms in total. The molecule has 1 aromatic heterocycles. The number of halogens is 1. The van der Waals surface area contributed by atoms with Crippen molar-refractivity contribution >= 4 is 38.2 Å². The van der Waals surface area contributed by atoms with Crippen LogP contribution in [0.4, 0.5) is 5.69 Å². The van der Waals surface area contributed by atoms with E-state index in [9.17, 15) is 13.2 Å². The molecule has 0 amide bonds. The monoisotopic (exact) mass is 469 g/mol. The highest BCUT2D eigenvalue weighted by atomic mass is 35.5. The zero-order chi connectivity index (χ0) is 23.0. The largest absolute Gasteiger partial charge is 0.496 e. The van der Waals surface area contributed by atoms with Crippen molar-refractivity contribution < 1.29 is 13.2 Å². The second-order valence-corrected chi connectivity index (χ2v) is 9.36. The highest BCUT2D eigenvalue weighted by Crippen LogP contribution is 2.24. The first-order valence-electron chi connectivity index (χ1n) is 9.66. The minimum absolute atomic E-state index is 0.0940. The Balaban J connectivity index is 1.77. The van der Waals surface area contributed by atoms with Gasteiger partial charge in [0, 0.05) is 10.7 Å². The maximum absolute atomic E-state index is 13.2. The maximum Gasteiger partial charge on any atom is 0.266 e. The number of aryl methyl sites for hydroxylation is 2. The number of hydrogen-bond acceptors (Lipinski definition) is 5. The second kappa shape index (κ2) is 8.29. The van der Waals surface area contributed by atoms with Crippen molar-refractivity contribution in [2.24, 2.45) is 0 Å². The number of ether oxygens (including phenoxy) is 1. The molecular weight excluding hydrogens is 450 g/mol. The van der Waals surface area contributed by atoms with Gasteiger partial charge in [-0.1, -0.05) is 11.6 Å². The quantitative estimate of drug-likeness (QED) is 0.466. The van der Waals surface area contributed by atoms with Gasteiger partial charge in [-0.05, 0) is 80.1 Å². The summed E-state index contributed by atoms with van der Waals surface area (Å²) in [4.78, 5) is 17.8. The molecule has 0 aliphatic rings. The lowest BCUT2D eigenvalue weighted by Gasteiger charge is -2.13. The highest BCUT2D eigenvalue weighted by molar-refractivity contribution is 7.92. The second-order valence-electron chi connectivity index (χ2n) is 7.24. The van der Waals surface area contributed by atoms with Gasteiger partial charge in [0.05, 0.1) is 28.6 Å². The first-order chi connectivity index (χ1) is 15.2. The molecule has 0 saturated heterocycles. The van der Waals surface area contributed by atoms with Gasteiger partial charge in [-0.15, -0.1) is 0 Å². The van der Waals surface area contributed by atoms with Gasteiger partial charge in [0.2, 0.25) is 0 Å². The number of fused-ring (bicyclic) bond motifs is 1. The van der Waals surface area contributed by atoms with Crippen LogP contribution in [0.1, 0.15) is 11.4 Å². The molecule has 4 rings (SSSR count). The fraction of sp³-hybridized carbons (Fsp3) is 0.130. The molecule has 4 aromatic rings. The van der Waals surface area contributed by atoms with Gasteiger partial charge in [-0.25, -0.2) is 13.4 Å². The van der Waals surface area contributed by atoms with Crippen LogP contribution in [0.2, 0.25) is 5.02 Å². The average Bonchev–Trinajstić information content (AvgIpc) is 2.75. The summed E-state index contributed by atoms with van der Waals surface area (Å²) in [7, 11) is -2.34. The molecule has 0 fully saturated rings. The van der Waals surface area contributed by atoms with Crippen molar-refractivity contribution in [2.75, 3.05) is 11.8 Å². The van der Waals surface area contributed by atoms with Crippen LogP contribution >= 0.6 is 11.6 Å². The third-order valence-electron chi connectivity index (χ3n) is 5.05. The molecular formula is C23H20ClN3O4S. The Kier molecular flexibility index (Phi) is 5.66. The molecule has 3 aromatic carbocycles. The number of hydrogen-bond donors (Lipinski definition) is 1. The molecule has 0 aliphatic carbocycles. The van der Waals surface area contributed by atoms with Crippen LogP contribution in [0.15, 0.2) is 70.4 Å². The van der Waals surface area contributed by atoms with Crippen LogP contribution in [0.25, 0.3) is 16.6 Å². The van der Waals surface area contributed by atoms with Gasteiger partial charge in [-0.2, -0.15) is 0 Å². The van der Waals surface area contributed by atoms with Crippen molar-refractivity contribution in [3.05, 3.63) is 87.4 Å². The van der Waals surface area contributed by atoms with Gasteiger partial charge in [-0.3, -0.25) is 14.1 Å². The Labute approximate surface area is 190 Å². The van der Waals surface area contributed by atoms with Gasteiger partial charge >= 0.3 is 0 Å². The van der Waals surface area contributed by atoms with E-state index < -0.39 is 10.0 Å². The number of nitrogens with one attached hydrogen (secondary N) is 1. The molecule has 0 radical (unpaired) electrons. The van der Waals surface area contributed by atoms with E-state index in [1.165, 1.54) is 29.9 Å². The SMILES string of the molecule is COc1ccc(S(=O)(=O)Nc2ccc3nc(C)n(-c4ccc(Cl)cc4)c(=O)c3c2)cc1C. The Morgan fingerprint density at radius 2 is 1.72 bits per heavy atom. The molecule has 9 heteroatoms. The lowest BCUT2D eigenvalue weighted by Crippen LogP contribution is -2.22. The lowest BCUT2D eigenvalue weighted by atomic mass is 10.2. The maximum atomic E-state index is 13.2. The summed E-state index contributed by atoms with van der Waals surface area (Å²) in [5.41, 5.74) is 1.74. The molecule has 32 heavy (non-hydrogen) atoms. The number of sulfonamides is 1. The standard InChI is InChI=1S/C23H20ClN3O4S/c1-14-12-19(9-11-22(14)31-3)32(29,30)26-17-6-10-21-20(13-17)23(28)27(15(2)25-21)18-7-4-16(24)5-8-18/h4-13,26H,1-3H3. The minimum atomic E-state index is -3.87. The molecule has 164 valence electrons. The summed E-state index contributed by atoms with van der Waals surface area (Å²) < 4.78 is 35.0. The van der Waals surface area contributed by atoms with Gasteiger partial charge in [0.25, 0.3) is 15.6 Å². The van der Waals surface area contributed by atoms with Crippen molar-refractivity contribution in [1.82, 2.24) is 9.55 Å². The summed E-state index contributed by atoms with van der Waals surface area (Å²) in [5, 5.41) is 0.843. The van der Waals surface area contributed by atoms with E-state index in [4.69, 9.17) is 16.3 Å². The van der Waals surface area contributed by atoms with E-state index in [-0.39, 0.29) is 21.5 Å². The van der Waals surface area contributed by atoms with E-state index in [0.717, 1.165) is 0 Å². The van der Waals surface area contributed by atoms with E-state index in [1.54, 1.807) is 56.3 Å². The number of methoxy groups -OCH3 is 1. The fourth-order valence-corrected chi connectivity index (χ4v) is 4.75. The molecule has 1 N–H and O–H groups in total. The minimum Gasteiger partial charge on any atom is -0.496 e. The lowest BCUT2D eigenvalue weighted by molar-refractivity contribution is 0.411. The van der Waals surface area contributed by atoms with Crippen molar-refractivity contribution in [3.63, 3.8) is 0 Å². The summed E-state index contributed by atoms with van der Waals surface area (Å²) in [6, 6.07) is 16.1. The van der Waals surface area contributed by atoms with E-state index in [2.05, 4.69) is 9.71 Å². The Hall–Kier alpha value is -3.36. The zero-order valence-electron chi connectivity index (χ0n) is 17.6. The van der Waals surface area contributed by atoms with Crippen LogP contribution in [-0.4, -0.2) is 25.1 Å². The zero-order valence-corrected chi connectivity index (χ0v) is 19.2. The third-order valence-corrected chi connectivity index (χ3v) is 6.68. The predicted molar refractivity (Wildman–Crippen MR) is 126 cm³/mol. The van der Waals surface area contributed by atoms with Gasteiger partial charge < -0.3 is 4.74 Å². The summed E-state index contributed by atoms with van der Waals surface area (Å²) in [5.74, 6) is 1.10. The van der Waals surface area contributed by atoms with Gasteiger partial charge in [0.15, 0.2) is 0 Å². The van der Waals surface area contributed by atoms with Crippen molar-refractivity contribution in [3.8, 4) is 11.4 Å². The molecule has 0 spiro atoms. The van der Waals surface area contributed by atoms with Crippen LogP contribution in [0.3, 0.4) is 0 Å². The molecule has 1 heterocycles. The molecule has 0 atom stereocenters. The summed E-state index contributed by atoms with van der Waals surface area (Å²) in [6.45, 7) is 3.50. The van der Waals surface area contributed by atoms with Crippen LogP contribution in [0, 0.1) is 13.8 Å². The molecule has 0 aliphatic heterocycles. The van der Waals surface area contributed by atoms with E-state index >= 15 is 0 Å². The summed E-state index contributed by atoms with van der Waals surface area (Å²) >= 11 is 5.96. The molecule has 0 saturated carbocycles. The number of aromatic nitrogens is 2. The normalized spacial score (nSPS) is 11.5. The van der Waals surface area contributed by atoms with Crippen LogP contribution in [-0.2, 0) is 10.0 Å². The Morgan fingerprint density at radius 1 is 1.00 bits per heavy atom. The topological polar surface area (TPSA) is 90.3 Å². The smallest absolute Gasteiger partial charge is 0.266 e. The van der Waals surface area contributed by atoms with Crippen molar-refractivity contribution in [1.29, 1.82) is 0 Å². The van der Waals surface area contributed by atoms with E-state index in [1.807, 2.05) is 0 Å². The van der Waals surface area contributed by atoms with Crippen LogP contribution in [0.5, 0.6) is 5.75 Å². The number of anilines is 1. The number of benzene rings is 3.